The van der Waals surface area contributed by atoms with Gasteiger partial charge in [0.05, 0.1) is 24.8 Å². The van der Waals surface area contributed by atoms with Gasteiger partial charge in [-0.15, -0.1) is 11.3 Å². The standard InChI is InChI=1S/C22H30N4O2S/c1-2-23-22(25-18-8-10-26(11-9-18)21-5-3-14-29-21)24-16-17-6-7-19-20(15-17)28-13-4-12-27-19/h3,5-7,14-15,18H,2,4,8-13,16H2,1H3,(H2,23,24,25). The third-order valence-electron chi connectivity index (χ3n) is 5.23. The van der Waals surface area contributed by atoms with E-state index in [1.54, 1.807) is 0 Å². The van der Waals surface area contributed by atoms with Gasteiger partial charge in [-0.3, -0.25) is 0 Å². The average Bonchev–Trinajstić information content (AvgIpc) is 3.18. The molecule has 3 heterocycles. The van der Waals surface area contributed by atoms with Crippen LogP contribution in [0.4, 0.5) is 5.00 Å². The molecule has 6 nitrogen and oxygen atoms in total. The second-order valence-corrected chi connectivity index (χ2v) is 8.31. The Morgan fingerprint density at radius 3 is 2.76 bits per heavy atom. The number of hydrogen-bond acceptors (Lipinski definition) is 5. The fourth-order valence-corrected chi connectivity index (χ4v) is 4.47. The van der Waals surface area contributed by atoms with Gasteiger partial charge in [0.25, 0.3) is 0 Å². The third-order valence-corrected chi connectivity index (χ3v) is 6.16. The number of hydrogen-bond donors (Lipinski definition) is 2. The maximum atomic E-state index is 5.80. The number of rotatable bonds is 5. The number of thiophene rings is 1. The quantitative estimate of drug-likeness (QED) is 0.578. The smallest absolute Gasteiger partial charge is 0.191 e. The highest BCUT2D eigenvalue weighted by atomic mass is 32.1. The molecule has 1 saturated heterocycles. The molecule has 2 aromatic rings. The van der Waals surface area contributed by atoms with Crippen LogP contribution in [-0.2, 0) is 6.54 Å². The minimum absolute atomic E-state index is 0.452. The van der Waals surface area contributed by atoms with E-state index in [9.17, 15) is 0 Å². The van der Waals surface area contributed by atoms with Crippen molar-refractivity contribution >= 4 is 22.3 Å². The highest BCUT2D eigenvalue weighted by Gasteiger charge is 2.20. The molecule has 29 heavy (non-hydrogen) atoms. The Kier molecular flexibility index (Phi) is 6.77. The molecule has 156 valence electrons. The summed E-state index contributed by atoms with van der Waals surface area (Å²) in [6.45, 7) is 7.14. The Hall–Kier alpha value is -2.41. The van der Waals surface area contributed by atoms with Crippen molar-refractivity contribution in [3.05, 3.63) is 41.3 Å². The summed E-state index contributed by atoms with van der Waals surface area (Å²) < 4.78 is 11.5. The van der Waals surface area contributed by atoms with Gasteiger partial charge >= 0.3 is 0 Å². The topological polar surface area (TPSA) is 58.1 Å². The van der Waals surface area contributed by atoms with Crippen LogP contribution in [0.1, 0.15) is 31.7 Å². The Labute approximate surface area is 176 Å². The first-order valence-corrected chi connectivity index (χ1v) is 11.4. The third kappa shape index (κ3) is 5.35. The van der Waals surface area contributed by atoms with Crippen LogP contribution in [0.2, 0.25) is 0 Å². The van der Waals surface area contributed by atoms with Crippen molar-refractivity contribution in [2.45, 2.75) is 38.8 Å². The molecule has 2 aliphatic rings. The molecule has 2 aliphatic heterocycles. The summed E-state index contributed by atoms with van der Waals surface area (Å²) in [5.41, 5.74) is 1.12. The zero-order chi connectivity index (χ0) is 19.9. The van der Waals surface area contributed by atoms with Gasteiger partial charge in [-0.1, -0.05) is 6.07 Å². The van der Waals surface area contributed by atoms with E-state index in [2.05, 4.69) is 46.0 Å². The van der Waals surface area contributed by atoms with Crippen molar-refractivity contribution in [2.24, 2.45) is 4.99 Å². The molecular weight excluding hydrogens is 384 g/mol. The Morgan fingerprint density at radius 2 is 2.00 bits per heavy atom. The van der Waals surface area contributed by atoms with Crippen molar-refractivity contribution in [1.29, 1.82) is 0 Å². The fourth-order valence-electron chi connectivity index (χ4n) is 3.68. The largest absolute Gasteiger partial charge is 0.490 e. The van der Waals surface area contributed by atoms with Crippen molar-refractivity contribution in [3.8, 4) is 11.5 Å². The van der Waals surface area contributed by atoms with Crippen LogP contribution < -0.4 is 25.0 Å². The number of anilines is 1. The molecule has 0 spiro atoms. The summed E-state index contributed by atoms with van der Waals surface area (Å²) in [6.07, 6.45) is 3.15. The van der Waals surface area contributed by atoms with Gasteiger partial charge in [0, 0.05) is 32.1 Å². The molecule has 0 unspecified atom stereocenters. The maximum Gasteiger partial charge on any atom is 0.191 e. The van der Waals surface area contributed by atoms with Gasteiger partial charge in [0.1, 0.15) is 0 Å². The van der Waals surface area contributed by atoms with E-state index in [1.165, 1.54) is 5.00 Å². The summed E-state index contributed by atoms with van der Waals surface area (Å²) in [6, 6.07) is 10.9. The van der Waals surface area contributed by atoms with E-state index >= 15 is 0 Å². The van der Waals surface area contributed by atoms with Gasteiger partial charge < -0.3 is 25.0 Å². The SMILES string of the molecule is CCNC(=NCc1ccc2c(c1)OCCCO2)NC1CCN(c2cccs2)CC1. The first-order valence-electron chi connectivity index (χ1n) is 10.5. The van der Waals surface area contributed by atoms with Crippen molar-refractivity contribution in [1.82, 2.24) is 10.6 Å². The number of guanidine groups is 1. The van der Waals surface area contributed by atoms with Crippen LogP contribution in [0.3, 0.4) is 0 Å². The summed E-state index contributed by atoms with van der Waals surface area (Å²) in [4.78, 5) is 7.28. The van der Waals surface area contributed by atoms with Crippen molar-refractivity contribution in [3.63, 3.8) is 0 Å². The monoisotopic (exact) mass is 414 g/mol. The lowest BCUT2D eigenvalue weighted by Gasteiger charge is -2.33. The van der Waals surface area contributed by atoms with Crippen molar-refractivity contribution < 1.29 is 9.47 Å². The van der Waals surface area contributed by atoms with Crippen LogP contribution in [-0.4, -0.2) is 44.8 Å². The lowest BCUT2D eigenvalue weighted by molar-refractivity contribution is 0.297. The van der Waals surface area contributed by atoms with Crippen LogP contribution in [0, 0.1) is 0 Å². The molecule has 2 N–H and O–H groups in total. The average molecular weight is 415 g/mol. The highest BCUT2D eigenvalue weighted by Crippen LogP contribution is 2.30. The van der Waals surface area contributed by atoms with E-state index in [-0.39, 0.29) is 0 Å². The molecule has 0 radical (unpaired) electrons. The number of aliphatic imine (C=N–C) groups is 1. The molecule has 4 rings (SSSR count). The first kappa shape index (κ1) is 19.9. The second kappa shape index (κ2) is 9.87. The Balaban J connectivity index is 1.34. The van der Waals surface area contributed by atoms with Crippen LogP contribution in [0.5, 0.6) is 11.5 Å². The predicted molar refractivity (Wildman–Crippen MR) is 120 cm³/mol. The number of fused-ring (bicyclic) bond motifs is 1. The van der Waals surface area contributed by atoms with Crippen LogP contribution in [0.15, 0.2) is 40.7 Å². The second-order valence-electron chi connectivity index (χ2n) is 7.38. The molecule has 7 heteroatoms. The summed E-state index contributed by atoms with van der Waals surface area (Å²) in [5.74, 6) is 2.54. The number of piperidine rings is 1. The predicted octanol–water partition coefficient (Wildman–Crippen LogP) is 3.63. The van der Waals surface area contributed by atoms with Gasteiger partial charge in [-0.25, -0.2) is 4.99 Å². The number of benzene rings is 1. The Bertz CT molecular complexity index is 801. The van der Waals surface area contributed by atoms with Gasteiger partial charge in [0.15, 0.2) is 17.5 Å². The van der Waals surface area contributed by atoms with E-state index in [1.807, 2.05) is 23.5 Å². The molecular formula is C22H30N4O2S. The maximum absolute atomic E-state index is 5.80. The fraction of sp³-hybridized carbons (Fsp3) is 0.500. The summed E-state index contributed by atoms with van der Waals surface area (Å²) in [7, 11) is 0. The summed E-state index contributed by atoms with van der Waals surface area (Å²) in [5, 5.41) is 10.5. The van der Waals surface area contributed by atoms with Gasteiger partial charge in [-0.2, -0.15) is 0 Å². The first-order chi connectivity index (χ1) is 14.3. The normalized spacial score (nSPS) is 17.7. The lowest BCUT2D eigenvalue weighted by Crippen LogP contribution is -2.48. The van der Waals surface area contributed by atoms with E-state index < -0.39 is 0 Å². The van der Waals surface area contributed by atoms with E-state index in [0.717, 1.165) is 61.9 Å². The molecule has 0 bridgehead atoms. The minimum Gasteiger partial charge on any atom is -0.490 e. The molecule has 0 saturated carbocycles. The zero-order valence-corrected chi connectivity index (χ0v) is 17.8. The van der Waals surface area contributed by atoms with Crippen LogP contribution >= 0.6 is 11.3 Å². The molecule has 0 amide bonds. The molecule has 0 atom stereocenters. The van der Waals surface area contributed by atoms with Crippen molar-refractivity contribution in [2.75, 3.05) is 37.7 Å². The number of ether oxygens (including phenoxy) is 2. The summed E-state index contributed by atoms with van der Waals surface area (Å²) >= 11 is 1.82. The molecule has 1 fully saturated rings. The minimum atomic E-state index is 0.452. The molecule has 0 aliphatic carbocycles. The van der Waals surface area contributed by atoms with E-state index in [0.29, 0.717) is 25.8 Å². The highest BCUT2D eigenvalue weighted by molar-refractivity contribution is 7.14. The lowest BCUT2D eigenvalue weighted by atomic mass is 10.1. The van der Waals surface area contributed by atoms with Gasteiger partial charge in [0.2, 0.25) is 0 Å². The van der Waals surface area contributed by atoms with E-state index in [4.69, 9.17) is 14.5 Å². The van der Waals surface area contributed by atoms with Crippen LogP contribution in [0.25, 0.3) is 0 Å². The Morgan fingerprint density at radius 1 is 1.17 bits per heavy atom. The molecule has 1 aromatic carbocycles. The number of nitrogens with zero attached hydrogens (tertiary/aromatic N) is 2. The van der Waals surface area contributed by atoms with Gasteiger partial charge in [-0.05, 0) is 55.0 Å². The molecule has 1 aromatic heterocycles. The zero-order valence-electron chi connectivity index (χ0n) is 17.0. The number of nitrogens with one attached hydrogen (secondary N) is 2.